The molecule has 1 aromatic rings. The van der Waals surface area contributed by atoms with Crippen molar-refractivity contribution in [3.05, 3.63) is 16.7 Å². The van der Waals surface area contributed by atoms with Gasteiger partial charge in [-0.25, -0.2) is 0 Å². The summed E-state index contributed by atoms with van der Waals surface area (Å²) < 4.78 is 2.51. The maximum Gasteiger partial charge on any atom is 0.245 e. The molecule has 16 heavy (non-hydrogen) atoms. The Bertz CT molecular complexity index is 442. The minimum Gasteiger partial charge on any atom is -0.341 e. The van der Waals surface area contributed by atoms with E-state index >= 15 is 0 Å². The summed E-state index contributed by atoms with van der Waals surface area (Å²) >= 11 is 5.18. The lowest BCUT2D eigenvalue weighted by molar-refractivity contribution is -0.133. The van der Waals surface area contributed by atoms with Gasteiger partial charge in [-0.3, -0.25) is 4.79 Å². The zero-order chi connectivity index (χ0) is 11.7. The van der Waals surface area contributed by atoms with E-state index < -0.39 is 0 Å². The predicted molar refractivity (Wildman–Crippen MR) is 64.9 cm³/mol. The molecule has 5 heteroatoms. The van der Waals surface area contributed by atoms with Gasteiger partial charge in [0.15, 0.2) is 4.77 Å². The first-order valence-corrected chi connectivity index (χ1v) is 6.07. The highest BCUT2D eigenvalue weighted by molar-refractivity contribution is 7.71. The van der Waals surface area contributed by atoms with Gasteiger partial charge >= 0.3 is 0 Å². The van der Waals surface area contributed by atoms with Gasteiger partial charge < -0.3 is 14.5 Å². The highest BCUT2D eigenvalue weighted by Crippen LogP contribution is 2.17. The monoisotopic (exact) mass is 239 g/mol. The number of hydrogen-bond acceptors (Lipinski definition) is 2. The Labute approximate surface area is 100 Å². The van der Waals surface area contributed by atoms with Crippen molar-refractivity contribution < 1.29 is 4.79 Å². The van der Waals surface area contributed by atoms with Crippen molar-refractivity contribution in [2.75, 3.05) is 13.1 Å². The van der Waals surface area contributed by atoms with Crippen LogP contribution in [-0.4, -0.2) is 33.4 Å². The van der Waals surface area contributed by atoms with Crippen LogP contribution in [0.1, 0.15) is 31.5 Å². The largest absolute Gasteiger partial charge is 0.341 e. The first-order valence-electron chi connectivity index (χ1n) is 5.66. The number of aryl methyl sites for hydroxylation is 1. The van der Waals surface area contributed by atoms with Crippen molar-refractivity contribution in [1.82, 2.24) is 14.5 Å². The molecule has 1 aliphatic rings. The summed E-state index contributed by atoms with van der Waals surface area (Å²) in [6.45, 7) is 5.65. The molecule has 1 N–H and O–H groups in total. The Hall–Kier alpha value is -1.10. The summed E-state index contributed by atoms with van der Waals surface area (Å²) in [5, 5.41) is 0. The first-order chi connectivity index (χ1) is 7.61. The normalized spacial score (nSPS) is 17.8. The van der Waals surface area contributed by atoms with E-state index in [4.69, 9.17) is 12.2 Å². The van der Waals surface area contributed by atoms with Crippen LogP contribution in [0.3, 0.4) is 0 Å². The maximum absolute atomic E-state index is 12.2. The summed E-state index contributed by atoms with van der Waals surface area (Å²) in [6.07, 6.45) is 4.09. The van der Waals surface area contributed by atoms with Crippen LogP contribution in [0.4, 0.5) is 0 Å². The molecule has 1 fully saturated rings. The van der Waals surface area contributed by atoms with E-state index in [0.29, 0.717) is 4.77 Å². The summed E-state index contributed by atoms with van der Waals surface area (Å²) in [4.78, 5) is 17.1. The van der Waals surface area contributed by atoms with Crippen LogP contribution < -0.4 is 0 Å². The summed E-state index contributed by atoms with van der Waals surface area (Å²) in [7, 11) is 0. The van der Waals surface area contributed by atoms with Gasteiger partial charge in [-0.15, -0.1) is 0 Å². The van der Waals surface area contributed by atoms with Gasteiger partial charge in [-0.2, -0.15) is 0 Å². The van der Waals surface area contributed by atoms with E-state index in [-0.39, 0.29) is 11.9 Å². The third-order valence-corrected chi connectivity index (χ3v) is 3.48. The molecule has 0 aliphatic carbocycles. The van der Waals surface area contributed by atoms with Gasteiger partial charge in [0, 0.05) is 25.0 Å². The van der Waals surface area contributed by atoms with Crippen LogP contribution in [-0.2, 0) is 4.79 Å². The van der Waals surface area contributed by atoms with E-state index in [1.165, 1.54) is 0 Å². The first kappa shape index (κ1) is 11.4. The van der Waals surface area contributed by atoms with Crippen molar-refractivity contribution in [3.63, 3.8) is 0 Å². The number of hydrogen-bond donors (Lipinski definition) is 1. The van der Waals surface area contributed by atoms with Crippen molar-refractivity contribution >= 4 is 18.1 Å². The van der Waals surface area contributed by atoms with Crippen molar-refractivity contribution in [2.45, 2.75) is 32.7 Å². The number of aromatic amines is 1. The molecule has 2 heterocycles. The lowest BCUT2D eigenvalue weighted by Crippen LogP contribution is -2.34. The second-order valence-electron chi connectivity index (χ2n) is 4.31. The molecule has 0 bridgehead atoms. The molecule has 1 amide bonds. The number of rotatable bonds is 2. The average molecular weight is 239 g/mol. The van der Waals surface area contributed by atoms with Gasteiger partial charge in [-0.1, -0.05) is 0 Å². The molecule has 0 saturated carbocycles. The van der Waals surface area contributed by atoms with Crippen LogP contribution in [0.15, 0.2) is 6.20 Å². The third kappa shape index (κ3) is 1.91. The SMILES string of the molecule is Cc1c[nH]c(=S)n1C(C)C(=O)N1CCCC1. The van der Waals surface area contributed by atoms with Crippen molar-refractivity contribution in [1.29, 1.82) is 0 Å². The quantitative estimate of drug-likeness (QED) is 0.802. The molecule has 0 aromatic carbocycles. The molecule has 2 rings (SSSR count). The number of imidazole rings is 1. The van der Waals surface area contributed by atoms with Gasteiger partial charge in [-0.05, 0) is 38.9 Å². The molecular weight excluding hydrogens is 222 g/mol. The summed E-state index contributed by atoms with van der Waals surface area (Å²) in [5.41, 5.74) is 1.00. The Morgan fingerprint density at radius 2 is 2.12 bits per heavy atom. The van der Waals surface area contributed by atoms with Crippen LogP contribution >= 0.6 is 12.2 Å². The zero-order valence-corrected chi connectivity index (χ0v) is 10.5. The molecule has 1 atom stereocenters. The fourth-order valence-corrected chi connectivity index (χ4v) is 2.62. The molecule has 4 nitrogen and oxygen atoms in total. The number of nitrogens with one attached hydrogen (secondary N) is 1. The lowest BCUT2D eigenvalue weighted by Gasteiger charge is -2.22. The average Bonchev–Trinajstić information content (AvgIpc) is 2.87. The topological polar surface area (TPSA) is 41.0 Å². The standard InChI is InChI=1S/C11H17N3OS/c1-8-7-12-11(16)14(8)9(2)10(15)13-5-3-4-6-13/h7,9H,3-6H2,1-2H3,(H,12,16). The van der Waals surface area contributed by atoms with Gasteiger partial charge in [0.2, 0.25) is 5.91 Å². The molecule has 0 radical (unpaired) electrons. The van der Waals surface area contributed by atoms with E-state index in [1.54, 1.807) is 0 Å². The minimum absolute atomic E-state index is 0.177. The van der Waals surface area contributed by atoms with Crippen molar-refractivity contribution in [2.24, 2.45) is 0 Å². The fraction of sp³-hybridized carbons (Fsp3) is 0.636. The number of nitrogens with zero attached hydrogens (tertiary/aromatic N) is 2. The zero-order valence-electron chi connectivity index (χ0n) is 9.69. The summed E-state index contributed by atoms with van der Waals surface area (Å²) in [6, 6.07) is -0.197. The Morgan fingerprint density at radius 3 is 2.62 bits per heavy atom. The highest BCUT2D eigenvalue weighted by Gasteiger charge is 2.25. The lowest BCUT2D eigenvalue weighted by atomic mass is 10.3. The van der Waals surface area contributed by atoms with Crippen LogP contribution in [0.2, 0.25) is 0 Å². The van der Waals surface area contributed by atoms with Crippen LogP contribution in [0, 0.1) is 11.7 Å². The summed E-state index contributed by atoms with van der Waals surface area (Å²) in [5.74, 6) is 0.177. The van der Waals surface area contributed by atoms with Crippen molar-refractivity contribution in [3.8, 4) is 0 Å². The molecule has 88 valence electrons. The van der Waals surface area contributed by atoms with Crippen LogP contribution in [0.5, 0.6) is 0 Å². The number of carbonyl (C=O) groups excluding carboxylic acids is 1. The number of amides is 1. The highest BCUT2D eigenvalue weighted by atomic mass is 32.1. The Kier molecular flexibility index (Phi) is 3.14. The Balaban J connectivity index is 2.21. The van der Waals surface area contributed by atoms with E-state index in [9.17, 15) is 4.79 Å². The molecule has 1 aliphatic heterocycles. The molecular formula is C11H17N3OS. The second kappa shape index (κ2) is 4.41. The van der Waals surface area contributed by atoms with E-state index in [1.807, 2.05) is 29.5 Å². The third-order valence-electron chi connectivity index (χ3n) is 3.17. The number of aromatic nitrogens is 2. The van der Waals surface area contributed by atoms with E-state index in [0.717, 1.165) is 31.6 Å². The number of carbonyl (C=O) groups is 1. The van der Waals surface area contributed by atoms with Gasteiger partial charge in [0.05, 0.1) is 0 Å². The molecule has 1 saturated heterocycles. The minimum atomic E-state index is -0.197. The predicted octanol–water partition coefficient (Wildman–Crippen LogP) is 2.04. The number of H-pyrrole nitrogens is 1. The van der Waals surface area contributed by atoms with E-state index in [2.05, 4.69) is 4.98 Å². The number of likely N-dealkylation sites (tertiary alicyclic amines) is 1. The van der Waals surface area contributed by atoms with Crippen LogP contribution in [0.25, 0.3) is 0 Å². The Morgan fingerprint density at radius 1 is 1.50 bits per heavy atom. The maximum atomic E-state index is 12.2. The smallest absolute Gasteiger partial charge is 0.245 e. The second-order valence-corrected chi connectivity index (χ2v) is 4.70. The molecule has 0 spiro atoms. The molecule has 1 unspecified atom stereocenters. The fourth-order valence-electron chi connectivity index (χ4n) is 2.26. The molecule has 1 aromatic heterocycles. The van der Waals surface area contributed by atoms with Gasteiger partial charge in [0.1, 0.15) is 6.04 Å². The van der Waals surface area contributed by atoms with Gasteiger partial charge in [0.25, 0.3) is 0 Å².